The van der Waals surface area contributed by atoms with Crippen LogP contribution < -0.4 is 5.32 Å². The predicted molar refractivity (Wildman–Crippen MR) is 80.1 cm³/mol. The van der Waals surface area contributed by atoms with Gasteiger partial charge in [0, 0.05) is 13.5 Å². The summed E-state index contributed by atoms with van der Waals surface area (Å²) in [7, 11) is 0. The first-order chi connectivity index (χ1) is 10.5. The van der Waals surface area contributed by atoms with Gasteiger partial charge in [0.05, 0.1) is 6.61 Å². The first-order valence-corrected chi connectivity index (χ1v) is 8.02. The molecule has 0 bridgehead atoms. The quantitative estimate of drug-likeness (QED) is 0.443. The first-order valence-electron chi connectivity index (χ1n) is 8.02. The van der Waals surface area contributed by atoms with Crippen molar-refractivity contribution in [2.24, 2.45) is 0 Å². The Kier molecular flexibility index (Phi) is 8.89. The number of nitrogens with one attached hydrogen (secondary N) is 1. The zero-order valence-electron chi connectivity index (χ0n) is 13.4. The molecule has 1 amide bonds. The van der Waals surface area contributed by atoms with Crippen LogP contribution in [-0.2, 0) is 14.3 Å². The molecule has 0 saturated carbocycles. The molecule has 22 heavy (non-hydrogen) atoms. The topological polar surface area (TPSA) is 108 Å². The zero-order valence-corrected chi connectivity index (χ0v) is 13.4. The standard InChI is InChI=1S/C15H29NO6/c1-3-4-5-6-7-8-21-15-12(16-10(2)18)14(20)13(19)11(9-17)22-15/h11-15,17,19-20H,3-9H2,1-2H3,(H,16,18)/t11-,12-,13-,14-,15-/m1/s1. The summed E-state index contributed by atoms with van der Waals surface area (Å²) in [5.74, 6) is -0.348. The molecule has 1 saturated heterocycles. The van der Waals surface area contributed by atoms with Crippen molar-refractivity contribution < 1.29 is 29.6 Å². The SMILES string of the molecule is CCCCCCCO[C@@H]1O[C@H](CO)[C@@H](O)[C@H](O)[C@H]1NC(C)=O. The van der Waals surface area contributed by atoms with E-state index in [2.05, 4.69) is 12.2 Å². The predicted octanol–water partition coefficient (Wildman–Crippen LogP) is -0.0829. The molecule has 7 heteroatoms. The molecule has 0 aromatic carbocycles. The molecule has 0 spiro atoms. The molecule has 1 aliphatic rings. The molecule has 1 heterocycles. The van der Waals surface area contributed by atoms with Crippen molar-refractivity contribution in [1.82, 2.24) is 5.32 Å². The van der Waals surface area contributed by atoms with E-state index in [-0.39, 0.29) is 5.91 Å². The maximum Gasteiger partial charge on any atom is 0.217 e. The summed E-state index contributed by atoms with van der Waals surface area (Å²) in [6.45, 7) is 3.47. The minimum absolute atomic E-state index is 0.348. The number of rotatable bonds is 9. The number of amides is 1. The van der Waals surface area contributed by atoms with Gasteiger partial charge in [-0.3, -0.25) is 4.79 Å². The molecule has 0 aromatic rings. The average Bonchev–Trinajstić information content (AvgIpc) is 2.49. The van der Waals surface area contributed by atoms with Gasteiger partial charge in [0.2, 0.25) is 5.91 Å². The third kappa shape index (κ3) is 5.81. The van der Waals surface area contributed by atoms with Crippen LogP contribution in [0.1, 0.15) is 46.0 Å². The Hall–Kier alpha value is -0.730. The summed E-state index contributed by atoms with van der Waals surface area (Å²) in [5, 5.41) is 31.7. The lowest BCUT2D eigenvalue weighted by Crippen LogP contribution is -2.64. The Bertz CT molecular complexity index is 327. The van der Waals surface area contributed by atoms with Crippen molar-refractivity contribution in [2.75, 3.05) is 13.2 Å². The van der Waals surface area contributed by atoms with E-state index in [0.29, 0.717) is 6.61 Å². The summed E-state index contributed by atoms with van der Waals surface area (Å²) in [5.41, 5.74) is 0. The fraction of sp³-hybridized carbons (Fsp3) is 0.933. The molecule has 1 fully saturated rings. The van der Waals surface area contributed by atoms with Crippen LogP contribution in [0.4, 0.5) is 0 Å². The lowest BCUT2D eigenvalue weighted by molar-refractivity contribution is -0.270. The molecule has 130 valence electrons. The van der Waals surface area contributed by atoms with Crippen LogP contribution in [0.15, 0.2) is 0 Å². The van der Waals surface area contributed by atoms with Crippen molar-refractivity contribution in [1.29, 1.82) is 0 Å². The van der Waals surface area contributed by atoms with Crippen molar-refractivity contribution in [2.45, 2.75) is 76.6 Å². The van der Waals surface area contributed by atoms with Crippen molar-refractivity contribution in [3.63, 3.8) is 0 Å². The third-order valence-electron chi connectivity index (χ3n) is 3.78. The number of hydrogen-bond donors (Lipinski definition) is 4. The van der Waals surface area contributed by atoms with Crippen LogP contribution in [0, 0.1) is 0 Å². The summed E-state index contributed by atoms with van der Waals surface area (Å²) in [6, 6.07) is -0.856. The van der Waals surface area contributed by atoms with Gasteiger partial charge in [-0.05, 0) is 6.42 Å². The van der Waals surface area contributed by atoms with Crippen LogP contribution in [0.5, 0.6) is 0 Å². The van der Waals surface area contributed by atoms with Gasteiger partial charge in [0.25, 0.3) is 0 Å². The smallest absolute Gasteiger partial charge is 0.217 e. The number of ether oxygens (including phenoxy) is 2. The summed E-state index contributed by atoms with van der Waals surface area (Å²) < 4.78 is 11.1. The molecule has 0 aromatic heterocycles. The molecule has 0 aliphatic carbocycles. The van der Waals surface area contributed by atoms with Crippen LogP contribution >= 0.6 is 0 Å². The van der Waals surface area contributed by atoms with Crippen LogP contribution in [-0.4, -0.2) is 65.1 Å². The minimum Gasteiger partial charge on any atom is -0.394 e. The summed E-state index contributed by atoms with van der Waals surface area (Å²) in [4.78, 5) is 11.2. The summed E-state index contributed by atoms with van der Waals surface area (Å²) >= 11 is 0. The number of hydrogen-bond acceptors (Lipinski definition) is 6. The molecular formula is C15H29NO6. The monoisotopic (exact) mass is 319 g/mol. The maximum atomic E-state index is 11.2. The minimum atomic E-state index is -1.27. The molecule has 1 aliphatic heterocycles. The van der Waals surface area contributed by atoms with E-state index in [1.54, 1.807) is 0 Å². The highest BCUT2D eigenvalue weighted by molar-refractivity contribution is 5.73. The van der Waals surface area contributed by atoms with Gasteiger partial charge in [0.1, 0.15) is 24.4 Å². The summed E-state index contributed by atoms with van der Waals surface area (Å²) in [6.07, 6.45) is 1.06. The normalized spacial score (nSPS) is 32.0. The van der Waals surface area contributed by atoms with E-state index >= 15 is 0 Å². The lowest BCUT2D eigenvalue weighted by atomic mass is 9.97. The van der Waals surface area contributed by atoms with Gasteiger partial charge >= 0.3 is 0 Å². The Labute approximate surface area is 131 Å². The lowest BCUT2D eigenvalue weighted by Gasteiger charge is -2.42. The van der Waals surface area contributed by atoms with Crippen molar-refractivity contribution >= 4 is 5.91 Å². The molecule has 7 nitrogen and oxygen atoms in total. The van der Waals surface area contributed by atoms with Gasteiger partial charge in [-0.2, -0.15) is 0 Å². The second kappa shape index (κ2) is 10.1. The van der Waals surface area contributed by atoms with Crippen LogP contribution in [0.2, 0.25) is 0 Å². The van der Waals surface area contributed by atoms with Crippen molar-refractivity contribution in [3.8, 4) is 0 Å². The highest BCUT2D eigenvalue weighted by Crippen LogP contribution is 2.22. The van der Waals surface area contributed by atoms with E-state index in [1.807, 2.05) is 0 Å². The van der Waals surface area contributed by atoms with Gasteiger partial charge in [-0.15, -0.1) is 0 Å². The van der Waals surface area contributed by atoms with Crippen LogP contribution in [0.25, 0.3) is 0 Å². The second-order valence-corrected chi connectivity index (χ2v) is 5.72. The second-order valence-electron chi connectivity index (χ2n) is 5.72. The Morgan fingerprint density at radius 2 is 1.86 bits per heavy atom. The van der Waals surface area contributed by atoms with Gasteiger partial charge < -0.3 is 30.1 Å². The number of carbonyl (C=O) groups excluding carboxylic acids is 1. The molecule has 0 radical (unpaired) electrons. The van der Waals surface area contributed by atoms with Crippen molar-refractivity contribution in [3.05, 3.63) is 0 Å². The molecule has 1 rings (SSSR count). The molecule has 0 unspecified atom stereocenters. The maximum absolute atomic E-state index is 11.2. The third-order valence-corrected chi connectivity index (χ3v) is 3.78. The highest BCUT2D eigenvalue weighted by atomic mass is 16.7. The first kappa shape index (κ1) is 19.3. The van der Waals surface area contributed by atoms with E-state index in [9.17, 15) is 20.1 Å². The van der Waals surface area contributed by atoms with Gasteiger partial charge in [-0.25, -0.2) is 0 Å². The Balaban J connectivity index is 2.52. The van der Waals surface area contributed by atoms with Gasteiger partial charge in [-0.1, -0.05) is 32.6 Å². The molecular weight excluding hydrogens is 290 g/mol. The molecule has 4 N–H and O–H groups in total. The van der Waals surface area contributed by atoms with E-state index in [1.165, 1.54) is 19.8 Å². The highest BCUT2D eigenvalue weighted by Gasteiger charge is 2.45. The average molecular weight is 319 g/mol. The number of carbonyl (C=O) groups is 1. The Morgan fingerprint density at radius 3 is 2.45 bits per heavy atom. The fourth-order valence-electron chi connectivity index (χ4n) is 2.52. The Morgan fingerprint density at radius 1 is 1.18 bits per heavy atom. The fourth-order valence-corrected chi connectivity index (χ4v) is 2.52. The number of aliphatic hydroxyl groups is 3. The van der Waals surface area contributed by atoms with Gasteiger partial charge in [0.15, 0.2) is 6.29 Å². The largest absolute Gasteiger partial charge is 0.394 e. The zero-order chi connectivity index (χ0) is 16.5. The van der Waals surface area contributed by atoms with E-state index < -0.39 is 37.3 Å². The molecule has 5 atom stereocenters. The van der Waals surface area contributed by atoms with Crippen LogP contribution in [0.3, 0.4) is 0 Å². The van der Waals surface area contributed by atoms with E-state index in [0.717, 1.165) is 19.3 Å². The number of unbranched alkanes of at least 4 members (excludes halogenated alkanes) is 4. The number of aliphatic hydroxyl groups excluding tert-OH is 3. The van der Waals surface area contributed by atoms with E-state index in [4.69, 9.17) is 9.47 Å².